The van der Waals surface area contributed by atoms with Crippen molar-refractivity contribution in [3.63, 3.8) is 0 Å². The molecule has 0 unspecified atom stereocenters. The summed E-state index contributed by atoms with van der Waals surface area (Å²) >= 11 is 10.0. The summed E-state index contributed by atoms with van der Waals surface area (Å²) in [5.41, 5.74) is 1.89. The van der Waals surface area contributed by atoms with Crippen molar-refractivity contribution in [2.45, 2.75) is 19.4 Å². The maximum absolute atomic E-state index is 12.6. The molecule has 0 spiro atoms. The third-order valence-corrected chi connectivity index (χ3v) is 6.89. The van der Waals surface area contributed by atoms with Crippen LogP contribution in [-0.4, -0.2) is 50.6 Å². The van der Waals surface area contributed by atoms with Gasteiger partial charge in [-0.1, -0.05) is 39.9 Å². The fourth-order valence-electron chi connectivity index (χ4n) is 3.44. The molecule has 0 bridgehead atoms. The number of likely N-dealkylation sites (N-methyl/N-ethyl adjacent to an activating group) is 1. The monoisotopic (exact) mass is 463 g/mol. The molecule has 0 radical (unpaired) electrons. The molecule has 2 aliphatic rings. The Labute approximate surface area is 175 Å². The molecule has 2 aliphatic heterocycles. The molecular weight excluding hydrogens is 446 g/mol. The van der Waals surface area contributed by atoms with E-state index < -0.39 is 0 Å². The van der Waals surface area contributed by atoms with Crippen LogP contribution in [0.25, 0.3) is 17.0 Å². The normalized spacial score (nSPS) is 19.1. The molecule has 1 aromatic heterocycles. The van der Waals surface area contributed by atoms with Crippen molar-refractivity contribution in [2.75, 3.05) is 20.1 Å². The highest BCUT2D eigenvalue weighted by Gasteiger charge is 2.29. The second kappa shape index (κ2) is 7.41. The van der Waals surface area contributed by atoms with E-state index in [1.807, 2.05) is 39.9 Å². The number of hydrogen-bond donors (Lipinski definition) is 0. The predicted octanol–water partition coefficient (Wildman–Crippen LogP) is 3.86. The second-order valence-electron chi connectivity index (χ2n) is 6.70. The number of halogens is 1. The number of aromatic nitrogens is 1. The first kappa shape index (κ1) is 18.7. The quantitative estimate of drug-likeness (QED) is 0.512. The van der Waals surface area contributed by atoms with Gasteiger partial charge in [0.25, 0.3) is 5.91 Å². The first-order valence-corrected chi connectivity index (χ1v) is 10.7. The minimum absolute atomic E-state index is 0.0889. The van der Waals surface area contributed by atoms with E-state index in [9.17, 15) is 9.59 Å². The molecular formula is C19H18BrN3O2S2. The molecule has 0 saturated carbocycles. The number of rotatable bonds is 3. The number of thioether (sulfide) groups is 1. The van der Waals surface area contributed by atoms with Gasteiger partial charge in [-0.05, 0) is 37.1 Å². The van der Waals surface area contributed by atoms with Gasteiger partial charge in [-0.2, -0.15) is 0 Å². The molecule has 2 saturated heterocycles. The number of carbonyl (C=O) groups is 2. The lowest BCUT2D eigenvalue weighted by atomic mass is 10.1. The van der Waals surface area contributed by atoms with Gasteiger partial charge in [0.2, 0.25) is 5.91 Å². The van der Waals surface area contributed by atoms with E-state index in [1.165, 1.54) is 16.7 Å². The minimum Gasteiger partial charge on any atom is -0.341 e. The smallest absolute Gasteiger partial charge is 0.265 e. The van der Waals surface area contributed by atoms with Crippen LogP contribution in [0, 0.1) is 0 Å². The van der Waals surface area contributed by atoms with Crippen LogP contribution in [0.3, 0.4) is 0 Å². The number of likely N-dealkylation sites (tertiary alicyclic amines) is 1. The second-order valence-corrected chi connectivity index (χ2v) is 9.29. The Bertz CT molecular complexity index is 992. The third kappa shape index (κ3) is 3.58. The first-order chi connectivity index (χ1) is 12.9. The van der Waals surface area contributed by atoms with Crippen molar-refractivity contribution in [1.82, 2.24) is 14.4 Å². The van der Waals surface area contributed by atoms with Gasteiger partial charge in [0.15, 0.2) is 0 Å². The summed E-state index contributed by atoms with van der Waals surface area (Å²) in [7, 11) is 1.69. The molecule has 8 heteroatoms. The van der Waals surface area contributed by atoms with E-state index in [2.05, 4.69) is 15.9 Å². The van der Waals surface area contributed by atoms with Crippen molar-refractivity contribution in [1.29, 1.82) is 0 Å². The molecule has 5 nitrogen and oxygen atoms in total. The lowest BCUT2D eigenvalue weighted by Gasteiger charge is -2.16. The summed E-state index contributed by atoms with van der Waals surface area (Å²) in [5, 5.41) is 1.000. The van der Waals surface area contributed by atoms with Crippen molar-refractivity contribution in [3.8, 4) is 0 Å². The summed E-state index contributed by atoms with van der Waals surface area (Å²) in [6.07, 6.45) is 5.98. The van der Waals surface area contributed by atoms with E-state index in [-0.39, 0.29) is 11.8 Å². The van der Waals surface area contributed by atoms with E-state index in [0.717, 1.165) is 46.9 Å². The van der Waals surface area contributed by atoms with E-state index >= 15 is 0 Å². The van der Waals surface area contributed by atoms with Gasteiger partial charge in [0, 0.05) is 47.3 Å². The largest absolute Gasteiger partial charge is 0.341 e. The minimum atomic E-state index is -0.0889. The number of hydrogen-bond acceptors (Lipinski definition) is 4. The number of fused-ring (bicyclic) bond motifs is 1. The Morgan fingerprint density at radius 2 is 2.07 bits per heavy atom. The van der Waals surface area contributed by atoms with Crippen LogP contribution in [0.1, 0.15) is 18.4 Å². The van der Waals surface area contributed by atoms with Crippen molar-refractivity contribution in [2.24, 2.45) is 0 Å². The molecule has 4 rings (SSSR count). The van der Waals surface area contributed by atoms with Gasteiger partial charge >= 0.3 is 0 Å². The fourth-order valence-corrected chi connectivity index (χ4v) is 4.97. The molecule has 27 heavy (non-hydrogen) atoms. The highest BCUT2D eigenvalue weighted by atomic mass is 79.9. The van der Waals surface area contributed by atoms with Gasteiger partial charge in [-0.15, -0.1) is 0 Å². The zero-order valence-electron chi connectivity index (χ0n) is 14.8. The zero-order chi connectivity index (χ0) is 19.1. The van der Waals surface area contributed by atoms with Crippen molar-refractivity contribution in [3.05, 3.63) is 39.3 Å². The summed E-state index contributed by atoms with van der Waals surface area (Å²) < 4.78 is 3.48. The Morgan fingerprint density at radius 1 is 1.33 bits per heavy atom. The molecule has 1 aromatic carbocycles. The van der Waals surface area contributed by atoms with Crippen LogP contribution < -0.4 is 0 Å². The summed E-state index contributed by atoms with van der Waals surface area (Å²) in [6.45, 7) is 1.99. The van der Waals surface area contributed by atoms with E-state index in [1.54, 1.807) is 7.05 Å². The summed E-state index contributed by atoms with van der Waals surface area (Å²) in [6, 6.07) is 5.98. The Morgan fingerprint density at radius 3 is 2.74 bits per heavy atom. The predicted molar refractivity (Wildman–Crippen MR) is 116 cm³/mol. The van der Waals surface area contributed by atoms with Crippen molar-refractivity contribution < 1.29 is 9.59 Å². The molecule has 0 N–H and O–H groups in total. The topological polar surface area (TPSA) is 45.6 Å². The number of nitrogens with zero attached hydrogens (tertiary/aromatic N) is 3. The standard InChI is InChI=1S/C19H18BrN3O2S2/c1-21-18(25)16(27-19(21)26)8-12-10-23(11-17(24)22-6-2-3-7-22)15-5-4-13(20)9-14(12)15/h4-5,8-10H,2-3,6-7,11H2,1H3/b16-8-. The van der Waals surface area contributed by atoms with Gasteiger partial charge in [-0.25, -0.2) is 0 Å². The van der Waals surface area contributed by atoms with E-state index in [0.29, 0.717) is 15.8 Å². The molecule has 0 aliphatic carbocycles. The molecule has 2 aromatic rings. The van der Waals surface area contributed by atoms with Crippen LogP contribution in [0.15, 0.2) is 33.8 Å². The third-order valence-electron chi connectivity index (χ3n) is 4.91. The maximum Gasteiger partial charge on any atom is 0.265 e. The van der Waals surface area contributed by atoms with Crippen LogP contribution in [-0.2, 0) is 16.1 Å². The summed E-state index contributed by atoms with van der Waals surface area (Å²) in [5.74, 6) is 0.0489. The van der Waals surface area contributed by atoms with Gasteiger partial charge in [-0.3, -0.25) is 14.5 Å². The Balaban J connectivity index is 1.73. The SMILES string of the molecule is CN1C(=O)/C(=C/c2cn(CC(=O)N3CCCC3)c3ccc(Br)cc23)SC1=S. The number of thiocarbonyl (C=S) groups is 1. The van der Waals surface area contributed by atoms with Crippen LogP contribution >= 0.6 is 39.9 Å². The van der Waals surface area contributed by atoms with Crippen LogP contribution in [0.4, 0.5) is 0 Å². The number of amides is 2. The highest BCUT2D eigenvalue weighted by Crippen LogP contribution is 2.34. The number of carbonyl (C=O) groups excluding carboxylic acids is 2. The maximum atomic E-state index is 12.6. The molecule has 0 atom stereocenters. The first-order valence-electron chi connectivity index (χ1n) is 8.72. The van der Waals surface area contributed by atoms with Crippen molar-refractivity contribution >= 4 is 73.0 Å². The molecule has 2 fully saturated rings. The summed E-state index contributed by atoms with van der Waals surface area (Å²) in [4.78, 5) is 29.0. The fraction of sp³-hybridized carbons (Fsp3) is 0.316. The molecule has 140 valence electrons. The van der Waals surface area contributed by atoms with Crippen LogP contribution in [0.2, 0.25) is 0 Å². The Hall–Kier alpha value is -1.64. The van der Waals surface area contributed by atoms with Gasteiger partial charge < -0.3 is 9.47 Å². The average Bonchev–Trinajstić information content (AvgIpc) is 3.33. The lowest BCUT2D eigenvalue weighted by molar-refractivity contribution is -0.130. The van der Waals surface area contributed by atoms with Gasteiger partial charge in [0.1, 0.15) is 10.9 Å². The molecule has 2 amide bonds. The van der Waals surface area contributed by atoms with Gasteiger partial charge in [0.05, 0.1) is 4.91 Å². The lowest BCUT2D eigenvalue weighted by Crippen LogP contribution is -2.30. The van der Waals surface area contributed by atoms with E-state index in [4.69, 9.17) is 12.2 Å². The zero-order valence-corrected chi connectivity index (χ0v) is 18.0. The highest BCUT2D eigenvalue weighted by molar-refractivity contribution is 9.10. The Kier molecular flexibility index (Phi) is 5.13. The average molecular weight is 464 g/mol. The number of benzene rings is 1. The molecule has 3 heterocycles. The van der Waals surface area contributed by atoms with Crippen LogP contribution in [0.5, 0.6) is 0 Å².